The van der Waals surface area contributed by atoms with E-state index in [1.54, 1.807) is 6.07 Å². The van der Waals surface area contributed by atoms with Gasteiger partial charge in [-0.15, -0.1) is 0 Å². The summed E-state index contributed by atoms with van der Waals surface area (Å²) in [6.45, 7) is 2.27. The van der Waals surface area contributed by atoms with E-state index < -0.39 is 0 Å². The van der Waals surface area contributed by atoms with Gasteiger partial charge in [-0.3, -0.25) is 0 Å². The van der Waals surface area contributed by atoms with E-state index in [0.717, 1.165) is 18.8 Å². The van der Waals surface area contributed by atoms with Crippen molar-refractivity contribution in [3.8, 4) is 5.88 Å². The van der Waals surface area contributed by atoms with Crippen molar-refractivity contribution in [3.05, 3.63) is 12.4 Å². The van der Waals surface area contributed by atoms with E-state index >= 15 is 0 Å². The highest BCUT2D eigenvalue weighted by Crippen LogP contribution is 2.26. The second-order valence-electron chi connectivity index (χ2n) is 4.29. The van der Waals surface area contributed by atoms with Gasteiger partial charge < -0.3 is 10.5 Å². The van der Waals surface area contributed by atoms with E-state index in [4.69, 9.17) is 10.5 Å². The van der Waals surface area contributed by atoms with E-state index in [9.17, 15) is 0 Å². The quantitative estimate of drug-likeness (QED) is 0.805. The molecule has 0 bridgehead atoms. The topological polar surface area (TPSA) is 61.0 Å². The Bertz CT molecular complexity index is 329. The number of hydrogen-bond donors (Lipinski definition) is 1. The van der Waals surface area contributed by atoms with Gasteiger partial charge in [0, 0.05) is 6.07 Å². The maximum absolute atomic E-state index is 5.78. The molecule has 1 aromatic rings. The van der Waals surface area contributed by atoms with Crippen LogP contribution in [-0.4, -0.2) is 16.1 Å². The SMILES string of the molecule is CC1CCCC(Oc2cc(N)ncn2)C1. The minimum atomic E-state index is 0.294. The average molecular weight is 207 g/mol. The van der Waals surface area contributed by atoms with Crippen LogP contribution in [0.2, 0.25) is 0 Å². The summed E-state index contributed by atoms with van der Waals surface area (Å²) in [4.78, 5) is 7.88. The molecule has 2 rings (SSSR count). The van der Waals surface area contributed by atoms with Gasteiger partial charge in [0.1, 0.15) is 18.2 Å². The number of hydrogen-bond acceptors (Lipinski definition) is 4. The number of nitrogen functional groups attached to an aromatic ring is 1. The second-order valence-corrected chi connectivity index (χ2v) is 4.29. The Morgan fingerprint density at radius 2 is 2.27 bits per heavy atom. The Balaban J connectivity index is 1.96. The van der Waals surface area contributed by atoms with Gasteiger partial charge in [0.05, 0.1) is 0 Å². The van der Waals surface area contributed by atoms with Crippen LogP contribution in [-0.2, 0) is 0 Å². The van der Waals surface area contributed by atoms with Crippen molar-refractivity contribution in [1.29, 1.82) is 0 Å². The lowest BCUT2D eigenvalue weighted by atomic mass is 9.89. The van der Waals surface area contributed by atoms with E-state index in [2.05, 4.69) is 16.9 Å². The van der Waals surface area contributed by atoms with Gasteiger partial charge in [-0.25, -0.2) is 9.97 Å². The smallest absolute Gasteiger partial charge is 0.218 e. The molecule has 2 unspecified atom stereocenters. The van der Waals surface area contributed by atoms with Crippen LogP contribution in [0.1, 0.15) is 32.6 Å². The summed E-state index contributed by atoms with van der Waals surface area (Å²) in [6.07, 6.45) is 6.52. The normalized spacial score (nSPS) is 26.2. The molecule has 82 valence electrons. The maximum Gasteiger partial charge on any atom is 0.218 e. The highest BCUT2D eigenvalue weighted by Gasteiger charge is 2.20. The summed E-state index contributed by atoms with van der Waals surface area (Å²) >= 11 is 0. The Kier molecular flexibility index (Phi) is 3.04. The minimum absolute atomic E-state index is 0.294. The molecule has 0 aromatic carbocycles. The zero-order chi connectivity index (χ0) is 10.7. The summed E-state index contributed by atoms with van der Waals surface area (Å²) < 4.78 is 5.78. The largest absolute Gasteiger partial charge is 0.474 e. The molecule has 1 aromatic heterocycles. The molecule has 1 saturated carbocycles. The van der Waals surface area contributed by atoms with Crippen molar-refractivity contribution in [1.82, 2.24) is 9.97 Å². The first-order valence-corrected chi connectivity index (χ1v) is 5.48. The molecular weight excluding hydrogens is 190 g/mol. The maximum atomic E-state index is 5.78. The van der Waals surface area contributed by atoms with E-state index in [1.165, 1.54) is 19.2 Å². The predicted molar refractivity (Wildman–Crippen MR) is 58.5 cm³/mol. The summed E-state index contributed by atoms with van der Waals surface area (Å²) in [5.74, 6) is 1.81. The summed E-state index contributed by atoms with van der Waals surface area (Å²) in [7, 11) is 0. The molecule has 4 nitrogen and oxygen atoms in total. The molecule has 0 amide bonds. The molecule has 1 aliphatic rings. The number of nitrogens with zero attached hydrogens (tertiary/aromatic N) is 2. The molecule has 15 heavy (non-hydrogen) atoms. The highest BCUT2D eigenvalue weighted by atomic mass is 16.5. The number of rotatable bonds is 2. The van der Waals surface area contributed by atoms with Crippen LogP contribution < -0.4 is 10.5 Å². The fourth-order valence-electron chi connectivity index (χ4n) is 2.07. The fraction of sp³-hybridized carbons (Fsp3) is 0.636. The van der Waals surface area contributed by atoms with Crippen LogP contribution in [0.15, 0.2) is 12.4 Å². The Morgan fingerprint density at radius 1 is 1.40 bits per heavy atom. The van der Waals surface area contributed by atoms with E-state index in [-0.39, 0.29) is 0 Å². The van der Waals surface area contributed by atoms with Gasteiger partial charge >= 0.3 is 0 Å². The minimum Gasteiger partial charge on any atom is -0.474 e. The number of aromatic nitrogens is 2. The van der Waals surface area contributed by atoms with Gasteiger partial charge in [-0.2, -0.15) is 0 Å². The van der Waals surface area contributed by atoms with Crippen molar-refractivity contribution in [2.24, 2.45) is 5.92 Å². The molecule has 2 N–H and O–H groups in total. The molecule has 0 spiro atoms. The van der Waals surface area contributed by atoms with Gasteiger partial charge in [-0.05, 0) is 25.2 Å². The first kappa shape index (κ1) is 10.2. The number of ether oxygens (including phenoxy) is 1. The molecule has 1 heterocycles. The Labute approximate surface area is 89.9 Å². The number of nitrogens with two attached hydrogens (primary N) is 1. The molecule has 0 aliphatic heterocycles. The lowest BCUT2D eigenvalue weighted by molar-refractivity contribution is 0.124. The standard InChI is InChI=1S/C11H17N3O/c1-8-3-2-4-9(5-8)15-11-6-10(12)13-7-14-11/h6-9H,2-5H2,1H3,(H2,12,13,14). The van der Waals surface area contributed by atoms with Crippen LogP contribution in [0.4, 0.5) is 5.82 Å². The third-order valence-corrected chi connectivity index (χ3v) is 2.84. The third-order valence-electron chi connectivity index (χ3n) is 2.84. The highest BCUT2D eigenvalue weighted by molar-refractivity contribution is 5.30. The van der Waals surface area contributed by atoms with E-state index in [0.29, 0.717) is 17.8 Å². The van der Waals surface area contributed by atoms with Crippen LogP contribution >= 0.6 is 0 Å². The van der Waals surface area contributed by atoms with Crippen molar-refractivity contribution < 1.29 is 4.74 Å². The van der Waals surface area contributed by atoms with Crippen molar-refractivity contribution >= 4 is 5.82 Å². The predicted octanol–water partition coefficient (Wildman–Crippen LogP) is 2.02. The first-order valence-electron chi connectivity index (χ1n) is 5.48. The molecule has 0 saturated heterocycles. The van der Waals surface area contributed by atoms with Crippen LogP contribution in [0.5, 0.6) is 5.88 Å². The molecular formula is C11H17N3O. The van der Waals surface area contributed by atoms with Crippen LogP contribution in [0.3, 0.4) is 0 Å². The molecule has 1 aliphatic carbocycles. The van der Waals surface area contributed by atoms with Crippen LogP contribution in [0, 0.1) is 5.92 Å². The van der Waals surface area contributed by atoms with Gasteiger partial charge in [0.15, 0.2) is 0 Å². The van der Waals surface area contributed by atoms with Gasteiger partial charge in [-0.1, -0.05) is 13.3 Å². The monoisotopic (exact) mass is 207 g/mol. The van der Waals surface area contributed by atoms with E-state index in [1.807, 2.05) is 0 Å². The summed E-state index contributed by atoms with van der Waals surface area (Å²) in [5, 5.41) is 0. The zero-order valence-corrected chi connectivity index (χ0v) is 9.02. The average Bonchev–Trinajstić information content (AvgIpc) is 2.17. The Hall–Kier alpha value is -1.32. The summed E-state index contributed by atoms with van der Waals surface area (Å²) in [5.41, 5.74) is 5.56. The molecule has 1 fully saturated rings. The van der Waals surface area contributed by atoms with Crippen molar-refractivity contribution in [3.63, 3.8) is 0 Å². The molecule has 0 radical (unpaired) electrons. The van der Waals surface area contributed by atoms with Gasteiger partial charge in [0.25, 0.3) is 0 Å². The fourth-order valence-corrected chi connectivity index (χ4v) is 2.07. The number of anilines is 1. The summed E-state index contributed by atoms with van der Waals surface area (Å²) in [6, 6.07) is 1.68. The second kappa shape index (κ2) is 4.47. The zero-order valence-electron chi connectivity index (χ0n) is 9.02. The van der Waals surface area contributed by atoms with Gasteiger partial charge in [0.2, 0.25) is 5.88 Å². The van der Waals surface area contributed by atoms with Crippen molar-refractivity contribution in [2.45, 2.75) is 38.7 Å². The lowest BCUT2D eigenvalue weighted by Gasteiger charge is -2.26. The Morgan fingerprint density at radius 3 is 3.00 bits per heavy atom. The first-order chi connectivity index (χ1) is 7.24. The van der Waals surface area contributed by atoms with Crippen molar-refractivity contribution in [2.75, 3.05) is 5.73 Å². The lowest BCUT2D eigenvalue weighted by Crippen LogP contribution is -2.24. The molecule has 2 atom stereocenters. The van der Waals surface area contributed by atoms with Crippen LogP contribution in [0.25, 0.3) is 0 Å². The third kappa shape index (κ3) is 2.81. The molecule has 4 heteroatoms.